The topological polar surface area (TPSA) is 52.3 Å². The fraction of sp³-hybridized carbons (Fsp3) is 0.308. The summed E-state index contributed by atoms with van der Waals surface area (Å²) in [6.07, 6.45) is 4.73. The maximum atomic E-state index is 11.8. The van der Waals surface area contributed by atoms with E-state index in [2.05, 4.69) is 6.92 Å². The van der Waals surface area contributed by atoms with E-state index in [4.69, 9.17) is 33.7 Å². The van der Waals surface area contributed by atoms with Crippen molar-refractivity contribution in [2.75, 3.05) is 12.3 Å². The first-order chi connectivity index (χ1) is 8.56. The van der Waals surface area contributed by atoms with Crippen LogP contribution in [0, 0.1) is 0 Å². The number of nitrogens with two attached hydrogens (primary N) is 1. The molecule has 18 heavy (non-hydrogen) atoms. The zero-order chi connectivity index (χ0) is 13.5. The molecule has 0 unspecified atom stereocenters. The van der Waals surface area contributed by atoms with Gasteiger partial charge in [-0.25, -0.2) is 0 Å². The van der Waals surface area contributed by atoms with Crippen LogP contribution in [0.2, 0.25) is 10.0 Å². The molecule has 0 saturated carbocycles. The summed E-state index contributed by atoms with van der Waals surface area (Å²) in [5, 5.41) is 0.539. The molecule has 0 aliphatic heterocycles. The molecule has 0 bridgehead atoms. The first-order valence-electron chi connectivity index (χ1n) is 5.63. The average molecular weight is 288 g/mol. The minimum Gasteiger partial charge on any atom is -0.501 e. The van der Waals surface area contributed by atoms with Gasteiger partial charge in [-0.05, 0) is 18.6 Å². The first-order valence-corrected chi connectivity index (χ1v) is 6.38. The Kier molecular flexibility index (Phi) is 6.02. The molecule has 0 aliphatic carbocycles. The van der Waals surface area contributed by atoms with Crippen LogP contribution >= 0.6 is 23.2 Å². The van der Waals surface area contributed by atoms with Gasteiger partial charge in [0.05, 0.1) is 28.6 Å². The number of rotatable bonds is 6. The molecule has 3 nitrogen and oxygen atoms in total. The van der Waals surface area contributed by atoms with Crippen LogP contribution < -0.4 is 5.73 Å². The van der Waals surface area contributed by atoms with Crippen LogP contribution in [-0.4, -0.2) is 12.4 Å². The van der Waals surface area contributed by atoms with Gasteiger partial charge in [0.25, 0.3) is 0 Å². The van der Waals surface area contributed by atoms with E-state index < -0.39 is 0 Å². The van der Waals surface area contributed by atoms with Crippen LogP contribution in [0.15, 0.2) is 24.5 Å². The Balaban J connectivity index is 2.67. The molecule has 0 spiro atoms. The quantitative estimate of drug-likeness (QED) is 0.282. The summed E-state index contributed by atoms with van der Waals surface area (Å²) < 4.78 is 5.16. The summed E-state index contributed by atoms with van der Waals surface area (Å²) >= 11 is 11.7. The van der Waals surface area contributed by atoms with Gasteiger partial charge in [0.2, 0.25) is 0 Å². The molecule has 0 atom stereocenters. The molecule has 0 saturated heterocycles. The van der Waals surface area contributed by atoms with Crippen LogP contribution in [-0.2, 0) is 4.74 Å². The minimum atomic E-state index is -0.227. The predicted octanol–water partition coefficient (Wildman–Crippen LogP) is 4.09. The van der Waals surface area contributed by atoms with Gasteiger partial charge in [0.15, 0.2) is 5.78 Å². The number of unbranched alkanes of at least 4 members (excludes halogenated alkanes) is 1. The maximum absolute atomic E-state index is 11.8. The van der Waals surface area contributed by atoms with Gasteiger partial charge in [-0.3, -0.25) is 4.79 Å². The van der Waals surface area contributed by atoms with Crippen molar-refractivity contribution in [3.8, 4) is 0 Å². The Morgan fingerprint density at radius 2 is 2.00 bits per heavy atom. The fourth-order valence-corrected chi connectivity index (χ4v) is 1.72. The number of halogens is 2. The van der Waals surface area contributed by atoms with Gasteiger partial charge in [0, 0.05) is 11.6 Å². The second-order valence-electron chi connectivity index (χ2n) is 3.74. The van der Waals surface area contributed by atoms with Crippen molar-refractivity contribution in [2.45, 2.75) is 19.8 Å². The third-order valence-electron chi connectivity index (χ3n) is 2.29. The van der Waals surface area contributed by atoms with Crippen LogP contribution in [0.25, 0.3) is 0 Å². The second-order valence-corrected chi connectivity index (χ2v) is 4.56. The van der Waals surface area contributed by atoms with E-state index in [1.807, 2.05) is 0 Å². The van der Waals surface area contributed by atoms with E-state index in [-0.39, 0.29) is 21.5 Å². The highest BCUT2D eigenvalue weighted by Crippen LogP contribution is 2.29. The van der Waals surface area contributed by atoms with Crippen molar-refractivity contribution in [2.24, 2.45) is 0 Å². The van der Waals surface area contributed by atoms with Gasteiger partial charge in [-0.1, -0.05) is 36.5 Å². The molecule has 1 aromatic carbocycles. The van der Waals surface area contributed by atoms with Crippen molar-refractivity contribution in [3.05, 3.63) is 40.1 Å². The number of hydrogen-bond donors (Lipinski definition) is 1. The summed E-state index contributed by atoms with van der Waals surface area (Å²) in [5.41, 5.74) is 6.25. The summed E-state index contributed by atoms with van der Waals surface area (Å²) in [6.45, 7) is 2.67. The van der Waals surface area contributed by atoms with Crippen molar-refractivity contribution in [1.82, 2.24) is 0 Å². The number of carbonyl (C=O) groups excluding carboxylic acids is 1. The van der Waals surface area contributed by atoms with E-state index in [0.29, 0.717) is 12.2 Å². The molecular weight excluding hydrogens is 273 g/mol. The molecule has 0 radical (unpaired) electrons. The number of nitrogen functional groups attached to an aromatic ring is 1. The van der Waals surface area contributed by atoms with Gasteiger partial charge in [-0.2, -0.15) is 0 Å². The number of benzene rings is 1. The molecule has 5 heteroatoms. The first kappa shape index (κ1) is 14.9. The molecule has 0 aromatic heterocycles. The second kappa shape index (κ2) is 7.29. The number of hydrogen-bond acceptors (Lipinski definition) is 3. The number of carbonyl (C=O) groups is 1. The molecule has 98 valence electrons. The number of allylic oxidation sites excluding steroid dienone is 1. The predicted molar refractivity (Wildman–Crippen MR) is 75.2 cm³/mol. The van der Waals surface area contributed by atoms with Gasteiger partial charge >= 0.3 is 0 Å². The molecule has 1 aromatic rings. The lowest BCUT2D eigenvalue weighted by Gasteiger charge is -2.03. The average Bonchev–Trinajstić information content (AvgIpc) is 2.34. The van der Waals surface area contributed by atoms with E-state index >= 15 is 0 Å². The Bertz CT molecular complexity index is 435. The molecule has 0 aliphatic rings. The molecule has 2 N–H and O–H groups in total. The highest BCUT2D eigenvalue weighted by atomic mass is 35.5. The smallest absolute Gasteiger partial charge is 0.188 e. The van der Waals surface area contributed by atoms with Crippen LogP contribution in [0.5, 0.6) is 0 Å². The lowest BCUT2D eigenvalue weighted by molar-refractivity contribution is 0.104. The zero-order valence-electron chi connectivity index (χ0n) is 10.1. The third kappa shape index (κ3) is 4.24. The highest BCUT2D eigenvalue weighted by molar-refractivity contribution is 6.39. The third-order valence-corrected chi connectivity index (χ3v) is 2.92. The lowest BCUT2D eigenvalue weighted by Crippen LogP contribution is -1.98. The normalized spacial score (nSPS) is 10.8. The Labute approximate surface area is 117 Å². The number of anilines is 1. The minimum absolute atomic E-state index is 0.227. The summed E-state index contributed by atoms with van der Waals surface area (Å²) in [5.74, 6) is -0.227. The summed E-state index contributed by atoms with van der Waals surface area (Å²) in [4.78, 5) is 11.8. The summed E-state index contributed by atoms with van der Waals surface area (Å²) in [7, 11) is 0. The van der Waals surface area contributed by atoms with Crippen LogP contribution in [0.4, 0.5) is 5.69 Å². The van der Waals surface area contributed by atoms with Gasteiger partial charge in [-0.15, -0.1) is 0 Å². The van der Waals surface area contributed by atoms with Crippen molar-refractivity contribution in [3.63, 3.8) is 0 Å². The Hall–Kier alpha value is -1.19. The fourth-order valence-electron chi connectivity index (χ4n) is 1.23. The van der Waals surface area contributed by atoms with Gasteiger partial charge < -0.3 is 10.5 Å². The maximum Gasteiger partial charge on any atom is 0.188 e. The Morgan fingerprint density at radius 1 is 1.39 bits per heavy atom. The zero-order valence-corrected chi connectivity index (χ0v) is 11.6. The SMILES string of the molecule is CCCCO/C=C/C(=O)c1cc(Cl)c(N)c(Cl)c1. The van der Waals surface area contributed by atoms with E-state index in [9.17, 15) is 4.79 Å². The number of ketones is 1. The van der Waals surface area contributed by atoms with Gasteiger partial charge in [0.1, 0.15) is 0 Å². The highest BCUT2D eigenvalue weighted by Gasteiger charge is 2.09. The van der Waals surface area contributed by atoms with E-state index in [1.54, 1.807) is 0 Å². The van der Waals surface area contributed by atoms with Crippen molar-refractivity contribution < 1.29 is 9.53 Å². The molecule has 0 amide bonds. The van der Waals surface area contributed by atoms with Crippen molar-refractivity contribution in [1.29, 1.82) is 0 Å². The van der Waals surface area contributed by atoms with Crippen LogP contribution in [0.1, 0.15) is 30.1 Å². The van der Waals surface area contributed by atoms with E-state index in [0.717, 1.165) is 12.8 Å². The molecule has 0 fully saturated rings. The van der Waals surface area contributed by atoms with E-state index in [1.165, 1.54) is 24.5 Å². The largest absolute Gasteiger partial charge is 0.501 e. The van der Waals surface area contributed by atoms with Crippen LogP contribution in [0.3, 0.4) is 0 Å². The van der Waals surface area contributed by atoms with Crippen molar-refractivity contribution >= 4 is 34.7 Å². The molecule has 1 rings (SSSR count). The molecular formula is C13H15Cl2NO2. The standard InChI is InChI=1S/C13H15Cl2NO2/c1-2-3-5-18-6-4-12(17)9-7-10(14)13(16)11(15)8-9/h4,6-8H,2-3,5,16H2,1H3/b6-4+. The number of ether oxygens (including phenoxy) is 1. The molecule has 0 heterocycles. The monoisotopic (exact) mass is 287 g/mol. The lowest BCUT2D eigenvalue weighted by atomic mass is 10.1. The Morgan fingerprint density at radius 3 is 2.56 bits per heavy atom. The summed E-state index contributed by atoms with van der Waals surface area (Å²) in [6, 6.07) is 2.98.